The summed E-state index contributed by atoms with van der Waals surface area (Å²) in [6, 6.07) is 5.94. The number of hydrogen-bond donors (Lipinski definition) is 0. The van der Waals surface area contributed by atoms with Crippen molar-refractivity contribution < 1.29 is 0 Å². The summed E-state index contributed by atoms with van der Waals surface area (Å²) in [7, 11) is 2.05. The molecule has 0 aliphatic carbocycles. The highest BCUT2D eigenvalue weighted by atomic mass is 79.9. The molecule has 0 radical (unpaired) electrons. The van der Waals surface area contributed by atoms with Crippen LogP contribution >= 0.6 is 15.9 Å². The van der Waals surface area contributed by atoms with Gasteiger partial charge in [0.2, 0.25) is 0 Å². The lowest BCUT2D eigenvalue weighted by Gasteiger charge is -2.17. The van der Waals surface area contributed by atoms with E-state index in [1.165, 1.54) is 0 Å². The molecule has 14 heavy (non-hydrogen) atoms. The van der Waals surface area contributed by atoms with Crippen molar-refractivity contribution in [3.05, 3.63) is 35.5 Å². The van der Waals surface area contributed by atoms with Crippen molar-refractivity contribution in [2.24, 2.45) is 0 Å². The summed E-state index contributed by atoms with van der Waals surface area (Å²) in [5, 5.41) is 0. The number of unbranched alkanes of at least 4 members (excludes halogenated alkanes) is 1. The van der Waals surface area contributed by atoms with Gasteiger partial charge in [0.05, 0.1) is 0 Å². The maximum absolute atomic E-state index is 4.37. The normalized spacial score (nSPS) is 9.86. The average Bonchev–Trinajstić information content (AvgIpc) is 2.18. The molecule has 76 valence electrons. The molecular weight excluding hydrogens is 240 g/mol. The molecule has 2 nitrogen and oxygen atoms in total. The first-order chi connectivity index (χ1) is 6.74. The van der Waals surface area contributed by atoms with Crippen LogP contribution in [0.3, 0.4) is 0 Å². The number of pyridine rings is 1. The van der Waals surface area contributed by atoms with Gasteiger partial charge in [-0.15, -0.1) is 6.58 Å². The SMILES string of the molecule is C=CCCCN(C)c1cccc(Br)n1. The Bertz CT molecular complexity index is 299. The van der Waals surface area contributed by atoms with E-state index in [2.05, 4.69) is 39.4 Å². The Labute approximate surface area is 93.8 Å². The van der Waals surface area contributed by atoms with Gasteiger partial charge in [0.15, 0.2) is 0 Å². The Balaban J connectivity index is 2.51. The fourth-order valence-electron chi connectivity index (χ4n) is 1.20. The highest BCUT2D eigenvalue weighted by Crippen LogP contribution is 2.13. The Morgan fingerprint density at radius 1 is 1.57 bits per heavy atom. The topological polar surface area (TPSA) is 16.1 Å². The van der Waals surface area contributed by atoms with Gasteiger partial charge < -0.3 is 4.90 Å². The highest BCUT2D eigenvalue weighted by Gasteiger charge is 2.01. The number of aromatic nitrogens is 1. The first-order valence-corrected chi connectivity index (χ1v) is 5.48. The lowest BCUT2D eigenvalue weighted by molar-refractivity contribution is 0.791. The molecule has 1 aromatic rings. The van der Waals surface area contributed by atoms with E-state index in [4.69, 9.17) is 0 Å². The molecule has 0 N–H and O–H groups in total. The van der Waals surface area contributed by atoms with Crippen LogP contribution in [0, 0.1) is 0 Å². The van der Waals surface area contributed by atoms with Gasteiger partial charge in [0.1, 0.15) is 10.4 Å². The van der Waals surface area contributed by atoms with Crippen molar-refractivity contribution in [3.8, 4) is 0 Å². The van der Waals surface area contributed by atoms with Crippen molar-refractivity contribution in [1.82, 2.24) is 4.98 Å². The zero-order valence-electron chi connectivity index (χ0n) is 8.41. The molecule has 1 aromatic heterocycles. The maximum Gasteiger partial charge on any atom is 0.129 e. The van der Waals surface area contributed by atoms with Crippen LogP contribution in [-0.2, 0) is 0 Å². The standard InChI is InChI=1S/C11H15BrN2/c1-3-4-5-9-14(2)11-8-6-7-10(12)13-11/h3,6-8H,1,4-5,9H2,2H3. The quantitative estimate of drug-likeness (QED) is 0.456. The van der Waals surface area contributed by atoms with Crippen LogP contribution in [0.5, 0.6) is 0 Å². The number of rotatable bonds is 5. The largest absolute Gasteiger partial charge is 0.360 e. The van der Waals surface area contributed by atoms with Gasteiger partial charge in [0, 0.05) is 13.6 Å². The monoisotopic (exact) mass is 254 g/mol. The van der Waals surface area contributed by atoms with Gasteiger partial charge in [0.25, 0.3) is 0 Å². The van der Waals surface area contributed by atoms with Gasteiger partial charge in [-0.3, -0.25) is 0 Å². The third-order valence-corrected chi connectivity index (χ3v) is 2.43. The fraction of sp³-hybridized carbons (Fsp3) is 0.364. The van der Waals surface area contributed by atoms with E-state index in [0.29, 0.717) is 0 Å². The Kier molecular flexibility index (Phi) is 4.66. The predicted molar refractivity (Wildman–Crippen MR) is 64.6 cm³/mol. The number of allylic oxidation sites excluding steroid dienone is 1. The molecule has 0 fully saturated rings. The second-order valence-corrected chi connectivity index (χ2v) is 3.98. The van der Waals surface area contributed by atoms with Crippen molar-refractivity contribution in [3.63, 3.8) is 0 Å². The number of halogens is 1. The Morgan fingerprint density at radius 3 is 3.00 bits per heavy atom. The van der Waals surface area contributed by atoms with Crippen LogP contribution in [0.25, 0.3) is 0 Å². The Morgan fingerprint density at radius 2 is 2.36 bits per heavy atom. The van der Waals surface area contributed by atoms with Crippen LogP contribution in [0.1, 0.15) is 12.8 Å². The van der Waals surface area contributed by atoms with Gasteiger partial charge in [-0.2, -0.15) is 0 Å². The van der Waals surface area contributed by atoms with E-state index < -0.39 is 0 Å². The molecule has 1 rings (SSSR count). The van der Waals surface area contributed by atoms with Crippen LogP contribution in [-0.4, -0.2) is 18.6 Å². The molecule has 0 aromatic carbocycles. The summed E-state index contributed by atoms with van der Waals surface area (Å²) >= 11 is 3.36. The van der Waals surface area contributed by atoms with E-state index in [1.807, 2.05) is 24.3 Å². The van der Waals surface area contributed by atoms with E-state index in [0.717, 1.165) is 29.8 Å². The number of nitrogens with zero attached hydrogens (tertiary/aromatic N) is 2. The minimum absolute atomic E-state index is 0.880. The summed E-state index contributed by atoms with van der Waals surface area (Å²) in [6.45, 7) is 4.71. The Hall–Kier alpha value is -0.830. The van der Waals surface area contributed by atoms with Crippen molar-refractivity contribution in [2.75, 3.05) is 18.5 Å². The number of anilines is 1. The van der Waals surface area contributed by atoms with Crippen LogP contribution < -0.4 is 4.90 Å². The molecule has 1 heterocycles. The third kappa shape index (κ3) is 3.50. The zero-order valence-corrected chi connectivity index (χ0v) is 10.00. The smallest absolute Gasteiger partial charge is 0.129 e. The van der Waals surface area contributed by atoms with Crippen LogP contribution in [0.4, 0.5) is 5.82 Å². The predicted octanol–water partition coefficient (Wildman–Crippen LogP) is 3.25. The molecule has 0 bridgehead atoms. The molecule has 0 atom stereocenters. The van der Waals surface area contributed by atoms with E-state index in [-0.39, 0.29) is 0 Å². The minimum atomic E-state index is 0.880. The molecule has 0 unspecified atom stereocenters. The first kappa shape index (κ1) is 11.2. The van der Waals surface area contributed by atoms with Crippen molar-refractivity contribution in [1.29, 1.82) is 0 Å². The molecule has 0 aliphatic heterocycles. The first-order valence-electron chi connectivity index (χ1n) is 4.68. The molecule has 0 amide bonds. The van der Waals surface area contributed by atoms with Crippen molar-refractivity contribution in [2.45, 2.75) is 12.8 Å². The summed E-state index contributed by atoms with van der Waals surface area (Å²) < 4.78 is 0.880. The highest BCUT2D eigenvalue weighted by molar-refractivity contribution is 9.10. The second-order valence-electron chi connectivity index (χ2n) is 3.17. The van der Waals surface area contributed by atoms with Crippen molar-refractivity contribution >= 4 is 21.7 Å². The molecule has 3 heteroatoms. The average molecular weight is 255 g/mol. The van der Waals surface area contributed by atoms with Crippen LogP contribution in [0.15, 0.2) is 35.5 Å². The lowest BCUT2D eigenvalue weighted by Crippen LogP contribution is -2.19. The summed E-state index contributed by atoms with van der Waals surface area (Å²) in [5.74, 6) is 1.00. The molecular formula is C11H15BrN2. The fourth-order valence-corrected chi connectivity index (χ4v) is 1.53. The molecule has 0 aliphatic rings. The number of hydrogen-bond acceptors (Lipinski definition) is 2. The van der Waals surface area contributed by atoms with E-state index in [1.54, 1.807) is 0 Å². The van der Waals surface area contributed by atoms with Crippen LogP contribution in [0.2, 0.25) is 0 Å². The molecule has 0 spiro atoms. The third-order valence-electron chi connectivity index (χ3n) is 1.99. The maximum atomic E-state index is 4.37. The molecule has 0 saturated heterocycles. The minimum Gasteiger partial charge on any atom is -0.360 e. The summed E-state index contributed by atoms with van der Waals surface area (Å²) in [4.78, 5) is 6.52. The van der Waals surface area contributed by atoms with Gasteiger partial charge in [-0.25, -0.2) is 4.98 Å². The second kappa shape index (κ2) is 5.81. The lowest BCUT2D eigenvalue weighted by atomic mass is 10.3. The van der Waals surface area contributed by atoms with Gasteiger partial charge >= 0.3 is 0 Å². The van der Waals surface area contributed by atoms with E-state index in [9.17, 15) is 0 Å². The summed E-state index contributed by atoms with van der Waals surface area (Å²) in [6.07, 6.45) is 4.12. The van der Waals surface area contributed by atoms with E-state index >= 15 is 0 Å². The zero-order chi connectivity index (χ0) is 10.4. The summed E-state index contributed by atoms with van der Waals surface area (Å²) in [5.41, 5.74) is 0. The van der Waals surface area contributed by atoms with Gasteiger partial charge in [-0.1, -0.05) is 12.1 Å². The van der Waals surface area contributed by atoms with Gasteiger partial charge in [-0.05, 0) is 40.9 Å². The molecule has 0 saturated carbocycles.